The number of pyridine rings is 1. The Morgan fingerprint density at radius 1 is 1.04 bits per heavy atom. The molecule has 2 N–H and O–H groups in total. The molecule has 2 aromatic rings. The molecule has 2 rings (SSSR count). The first-order valence-electron chi connectivity index (χ1n) is 6.97. The average Bonchev–Trinajstić information content (AvgIpc) is 2.54. The normalized spacial score (nSPS) is 9.96. The van der Waals surface area contributed by atoms with Gasteiger partial charge in [0.25, 0.3) is 17.4 Å². The molecule has 2 amide bonds. The van der Waals surface area contributed by atoms with Gasteiger partial charge in [0.15, 0.2) is 6.61 Å². The van der Waals surface area contributed by atoms with E-state index in [2.05, 4.69) is 10.9 Å². The number of ether oxygens (including phenoxy) is 1. The number of nitrogens with zero attached hydrogens (tertiary/aromatic N) is 1. The smallest absolute Gasteiger partial charge is 0.276 e. The fourth-order valence-electron chi connectivity index (χ4n) is 1.74. The lowest BCUT2D eigenvalue weighted by molar-refractivity contribution is -0.130. The summed E-state index contributed by atoms with van der Waals surface area (Å²) in [7, 11) is 0. The first kappa shape index (κ1) is 16.3. The summed E-state index contributed by atoms with van der Waals surface area (Å²) >= 11 is 0. The molecule has 0 aliphatic carbocycles. The molecule has 1 aromatic heterocycles. The summed E-state index contributed by atoms with van der Waals surface area (Å²) in [5.74, 6) is -0.450. The lowest BCUT2D eigenvalue weighted by Crippen LogP contribution is -2.45. The van der Waals surface area contributed by atoms with Gasteiger partial charge in [-0.25, -0.2) is 0 Å². The van der Waals surface area contributed by atoms with Crippen LogP contribution in [0, 0.1) is 6.92 Å². The number of hydrogen-bond donors (Lipinski definition) is 2. The standard InChI is InChI=1S/C16H17N3O4/c1-12-5-7-13(8-6-12)23-11-15(21)18-17-14(20)10-19-9-3-2-4-16(19)22/h2-9H,10-11H2,1H3,(H,17,20)(H,18,21). The molecule has 0 saturated carbocycles. The third-order valence-electron chi connectivity index (χ3n) is 2.95. The second kappa shape index (κ2) is 7.79. The van der Waals surface area contributed by atoms with E-state index in [9.17, 15) is 14.4 Å². The van der Waals surface area contributed by atoms with Crippen LogP contribution in [0.2, 0.25) is 0 Å². The summed E-state index contributed by atoms with van der Waals surface area (Å²) < 4.78 is 6.50. The van der Waals surface area contributed by atoms with Crippen LogP contribution in [-0.2, 0) is 16.1 Å². The van der Waals surface area contributed by atoms with Crippen LogP contribution < -0.4 is 21.1 Å². The van der Waals surface area contributed by atoms with E-state index >= 15 is 0 Å². The SMILES string of the molecule is Cc1ccc(OCC(=O)NNC(=O)Cn2ccccc2=O)cc1. The molecule has 0 radical (unpaired) electrons. The highest BCUT2D eigenvalue weighted by Gasteiger charge is 2.07. The highest BCUT2D eigenvalue weighted by Crippen LogP contribution is 2.10. The Balaban J connectivity index is 1.73. The van der Waals surface area contributed by atoms with Crippen LogP contribution in [0.15, 0.2) is 53.5 Å². The van der Waals surface area contributed by atoms with Gasteiger partial charge in [-0.3, -0.25) is 25.2 Å². The number of hydrogen-bond acceptors (Lipinski definition) is 4. The molecule has 0 fully saturated rings. The van der Waals surface area contributed by atoms with Crippen molar-refractivity contribution in [1.82, 2.24) is 15.4 Å². The van der Waals surface area contributed by atoms with Crippen molar-refractivity contribution >= 4 is 11.8 Å². The Bertz CT molecular complexity index is 737. The molecule has 0 aliphatic heterocycles. The van der Waals surface area contributed by atoms with E-state index in [0.29, 0.717) is 5.75 Å². The Kier molecular flexibility index (Phi) is 5.51. The molecule has 0 bridgehead atoms. The Labute approximate surface area is 132 Å². The van der Waals surface area contributed by atoms with Gasteiger partial charge in [0.05, 0.1) is 0 Å². The van der Waals surface area contributed by atoms with Gasteiger partial charge in [0.2, 0.25) is 0 Å². The van der Waals surface area contributed by atoms with E-state index in [-0.39, 0.29) is 18.7 Å². The molecule has 0 spiro atoms. The zero-order chi connectivity index (χ0) is 16.7. The maximum absolute atomic E-state index is 11.7. The summed E-state index contributed by atoms with van der Waals surface area (Å²) in [5, 5.41) is 0. The highest BCUT2D eigenvalue weighted by molar-refractivity contribution is 5.82. The second-order valence-corrected chi connectivity index (χ2v) is 4.86. The Hall–Kier alpha value is -3.09. The van der Waals surface area contributed by atoms with Crippen molar-refractivity contribution in [2.75, 3.05) is 6.61 Å². The second-order valence-electron chi connectivity index (χ2n) is 4.86. The summed E-state index contributed by atoms with van der Waals surface area (Å²) in [4.78, 5) is 34.7. The molecule has 1 aromatic carbocycles. The molecule has 0 atom stereocenters. The average molecular weight is 315 g/mol. The number of aryl methyl sites for hydroxylation is 1. The van der Waals surface area contributed by atoms with Crippen molar-refractivity contribution in [3.63, 3.8) is 0 Å². The quantitative estimate of drug-likeness (QED) is 0.781. The van der Waals surface area contributed by atoms with Gasteiger partial charge in [-0.2, -0.15) is 0 Å². The van der Waals surface area contributed by atoms with Crippen LogP contribution in [0.25, 0.3) is 0 Å². The third kappa shape index (κ3) is 5.31. The lowest BCUT2D eigenvalue weighted by Gasteiger charge is -2.09. The molecule has 7 nitrogen and oxygen atoms in total. The Morgan fingerprint density at radius 2 is 1.74 bits per heavy atom. The van der Waals surface area contributed by atoms with Crippen molar-refractivity contribution in [2.24, 2.45) is 0 Å². The number of aromatic nitrogens is 1. The summed E-state index contributed by atoms with van der Waals surface area (Å²) in [6, 6.07) is 11.8. The summed E-state index contributed by atoms with van der Waals surface area (Å²) in [6.45, 7) is 1.54. The van der Waals surface area contributed by atoms with Gasteiger partial charge in [0.1, 0.15) is 12.3 Å². The minimum atomic E-state index is -0.512. The number of benzene rings is 1. The molecular weight excluding hydrogens is 298 g/mol. The topological polar surface area (TPSA) is 89.4 Å². The van der Waals surface area contributed by atoms with E-state index in [4.69, 9.17) is 4.74 Å². The van der Waals surface area contributed by atoms with Crippen LogP contribution in [0.4, 0.5) is 0 Å². The van der Waals surface area contributed by atoms with E-state index in [1.807, 2.05) is 19.1 Å². The maximum Gasteiger partial charge on any atom is 0.276 e. The van der Waals surface area contributed by atoms with Crippen LogP contribution in [0.1, 0.15) is 5.56 Å². The van der Waals surface area contributed by atoms with Gasteiger partial charge in [0, 0.05) is 12.3 Å². The molecule has 23 heavy (non-hydrogen) atoms. The fourth-order valence-corrected chi connectivity index (χ4v) is 1.74. The van der Waals surface area contributed by atoms with Gasteiger partial charge in [-0.15, -0.1) is 0 Å². The van der Waals surface area contributed by atoms with Crippen molar-refractivity contribution < 1.29 is 14.3 Å². The first-order valence-corrected chi connectivity index (χ1v) is 6.97. The third-order valence-corrected chi connectivity index (χ3v) is 2.95. The number of carbonyl (C=O) groups is 2. The minimum absolute atomic E-state index is 0.182. The monoisotopic (exact) mass is 315 g/mol. The molecule has 7 heteroatoms. The number of hydrazine groups is 1. The predicted octanol–water partition coefficient (Wildman–Crippen LogP) is 0.383. The maximum atomic E-state index is 11.7. The van der Waals surface area contributed by atoms with Gasteiger partial charge < -0.3 is 9.30 Å². The van der Waals surface area contributed by atoms with Gasteiger partial charge >= 0.3 is 0 Å². The van der Waals surface area contributed by atoms with Gasteiger partial charge in [-0.1, -0.05) is 23.8 Å². The minimum Gasteiger partial charge on any atom is -0.484 e. The van der Waals surface area contributed by atoms with Crippen LogP contribution in [0.3, 0.4) is 0 Å². The molecular formula is C16H17N3O4. The first-order chi connectivity index (χ1) is 11.0. The lowest BCUT2D eigenvalue weighted by atomic mass is 10.2. The van der Waals surface area contributed by atoms with E-state index in [1.165, 1.54) is 16.8 Å². The van der Waals surface area contributed by atoms with Crippen LogP contribution in [-0.4, -0.2) is 23.0 Å². The molecule has 1 heterocycles. The van der Waals surface area contributed by atoms with E-state index in [1.54, 1.807) is 24.3 Å². The van der Waals surface area contributed by atoms with E-state index < -0.39 is 11.8 Å². The zero-order valence-electron chi connectivity index (χ0n) is 12.6. The largest absolute Gasteiger partial charge is 0.484 e. The van der Waals surface area contributed by atoms with E-state index in [0.717, 1.165) is 5.56 Å². The summed E-state index contributed by atoms with van der Waals surface area (Å²) in [5.41, 5.74) is 5.24. The van der Waals surface area contributed by atoms with Crippen LogP contribution >= 0.6 is 0 Å². The molecule has 0 unspecified atom stereocenters. The van der Waals surface area contributed by atoms with Crippen molar-refractivity contribution in [1.29, 1.82) is 0 Å². The van der Waals surface area contributed by atoms with Crippen molar-refractivity contribution in [2.45, 2.75) is 13.5 Å². The number of carbonyl (C=O) groups excluding carboxylic acids is 2. The number of nitrogens with one attached hydrogen (secondary N) is 2. The van der Waals surface area contributed by atoms with Crippen molar-refractivity contribution in [3.8, 4) is 5.75 Å². The highest BCUT2D eigenvalue weighted by atomic mass is 16.5. The number of rotatable bonds is 5. The molecule has 0 saturated heterocycles. The van der Waals surface area contributed by atoms with Gasteiger partial charge in [-0.05, 0) is 25.1 Å². The zero-order valence-corrected chi connectivity index (χ0v) is 12.6. The Morgan fingerprint density at radius 3 is 2.43 bits per heavy atom. The molecule has 120 valence electrons. The fraction of sp³-hybridized carbons (Fsp3) is 0.188. The van der Waals surface area contributed by atoms with Crippen LogP contribution in [0.5, 0.6) is 5.75 Å². The molecule has 0 aliphatic rings. The predicted molar refractivity (Wildman–Crippen MR) is 83.7 cm³/mol. The summed E-state index contributed by atoms with van der Waals surface area (Å²) in [6.07, 6.45) is 1.49. The number of amides is 2. The van der Waals surface area contributed by atoms with Crippen molar-refractivity contribution in [3.05, 3.63) is 64.6 Å².